The first-order valence-corrected chi connectivity index (χ1v) is 4.94. The lowest BCUT2D eigenvalue weighted by atomic mass is 10.0. The largest absolute Gasteiger partial charge is 0.368 e. The van der Waals surface area contributed by atoms with Gasteiger partial charge >= 0.3 is 0 Å². The molecule has 0 aromatic rings. The van der Waals surface area contributed by atoms with Crippen molar-refractivity contribution in [1.82, 2.24) is 10.6 Å². The van der Waals surface area contributed by atoms with E-state index >= 15 is 0 Å². The molecule has 80 valence electrons. The monoisotopic (exact) mass is 199 g/mol. The minimum Gasteiger partial charge on any atom is -0.368 e. The molecule has 1 heterocycles. The fraction of sp³-hybridized carbons (Fsp3) is 0.778. The lowest BCUT2D eigenvalue weighted by Gasteiger charge is -2.23. The molecule has 1 rings (SSSR count). The zero-order valence-corrected chi connectivity index (χ0v) is 8.38. The van der Waals surface area contributed by atoms with Crippen molar-refractivity contribution < 1.29 is 9.59 Å². The van der Waals surface area contributed by atoms with Gasteiger partial charge in [0.2, 0.25) is 11.8 Å². The first kappa shape index (κ1) is 11.0. The van der Waals surface area contributed by atoms with Crippen molar-refractivity contribution in [1.29, 1.82) is 0 Å². The Bertz CT molecular complexity index is 224. The van der Waals surface area contributed by atoms with Crippen molar-refractivity contribution in [2.75, 3.05) is 6.54 Å². The Morgan fingerprint density at radius 2 is 2.21 bits per heavy atom. The Kier molecular flexibility index (Phi) is 3.88. The summed E-state index contributed by atoms with van der Waals surface area (Å²) >= 11 is 0. The van der Waals surface area contributed by atoms with Crippen molar-refractivity contribution in [3.63, 3.8) is 0 Å². The lowest BCUT2D eigenvalue weighted by Crippen LogP contribution is -2.51. The van der Waals surface area contributed by atoms with Gasteiger partial charge in [-0.3, -0.25) is 9.59 Å². The number of primary amides is 1. The number of nitrogens with two attached hydrogens (primary N) is 1. The van der Waals surface area contributed by atoms with E-state index in [1.165, 1.54) is 0 Å². The van der Waals surface area contributed by atoms with E-state index in [0.717, 1.165) is 25.8 Å². The van der Waals surface area contributed by atoms with Crippen LogP contribution in [0.5, 0.6) is 0 Å². The number of rotatable bonds is 3. The molecular weight excluding hydrogens is 182 g/mol. The molecular formula is C9H17N3O2. The van der Waals surface area contributed by atoms with Crippen LogP contribution in [0.3, 0.4) is 0 Å². The highest BCUT2D eigenvalue weighted by Gasteiger charge is 2.22. The Morgan fingerprint density at radius 1 is 1.50 bits per heavy atom. The van der Waals surface area contributed by atoms with E-state index in [0.29, 0.717) is 0 Å². The number of carbonyl (C=O) groups is 2. The third-order valence-electron chi connectivity index (χ3n) is 2.41. The van der Waals surface area contributed by atoms with Gasteiger partial charge in [0.25, 0.3) is 0 Å². The molecule has 1 unspecified atom stereocenters. The van der Waals surface area contributed by atoms with Gasteiger partial charge in [0, 0.05) is 0 Å². The molecule has 0 bridgehead atoms. The van der Waals surface area contributed by atoms with Crippen LogP contribution in [0.4, 0.5) is 0 Å². The van der Waals surface area contributed by atoms with E-state index in [4.69, 9.17) is 5.73 Å². The van der Waals surface area contributed by atoms with Gasteiger partial charge < -0.3 is 16.4 Å². The van der Waals surface area contributed by atoms with E-state index < -0.39 is 11.9 Å². The second kappa shape index (κ2) is 4.95. The summed E-state index contributed by atoms with van der Waals surface area (Å²) in [4.78, 5) is 22.2. The second-order valence-electron chi connectivity index (χ2n) is 3.64. The van der Waals surface area contributed by atoms with Crippen molar-refractivity contribution in [3.05, 3.63) is 0 Å². The van der Waals surface area contributed by atoms with Gasteiger partial charge in [-0.25, -0.2) is 0 Å². The molecule has 0 aromatic carbocycles. The van der Waals surface area contributed by atoms with Gasteiger partial charge in [0.15, 0.2) is 0 Å². The normalized spacial score (nSPS) is 23.9. The maximum Gasteiger partial charge on any atom is 0.239 e. The molecule has 0 aliphatic carbocycles. The molecule has 1 fully saturated rings. The second-order valence-corrected chi connectivity index (χ2v) is 3.64. The molecule has 1 saturated heterocycles. The van der Waals surface area contributed by atoms with Gasteiger partial charge in [-0.05, 0) is 26.3 Å². The van der Waals surface area contributed by atoms with Crippen LogP contribution < -0.4 is 16.4 Å². The van der Waals surface area contributed by atoms with Crippen molar-refractivity contribution in [2.45, 2.75) is 38.3 Å². The summed E-state index contributed by atoms with van der Waals surface area (Å²) < 4.78 is 0. The zero-order chi connectivity index (χ0) is 10.6. The van der Waals surface area contributed by atoms with Crippen LogP contribution in [0.15, 0.2) is 0 Å². The third-order valence-corrected chi connectivity index (χ3v) is 2.41. The van der Waals surface area contributed by atoms with E-state index in [-0.39, 0.29) is 11.9 Å². The third kappa shape index (κ3) is 2.99. The molecule has 2 atom stereocenters. The molecule has 5 heteroatoms. The minimum absolute atomic E-state index is 0.129. The maximum atomic E-state index is 11.5. The quantitative estimate of drug-likeness (QED) is 0.552. The van der Waals surface area contributed by atoms with Crippen molar-refractivity contribution >= 4 is 11.8 Å². The van der Waals surface area contributed by atoms with E-state index in [1.807, 2.05) is 0 Å². The molecule has 0 radical (unpaired) electrons. The topological polar surface area (TPSA) is 84.2 Å². The van der Waals surface area contributed by atoms with Gasteiger partial charge in [-0.1, -0.05) is 6.42 Å². The summed E-state index contributed by atoms with van der Waals surface area (Å²) in [5.41, 5.74) is 5.04. The molecule has 0 aromatic heterocycles. The van der Waals surface area contributed by atoms with Crippen LogP contribution in [0.1, 0.15) is 26.2 Å². The van der Waals surface area contributed by atoms with Crippen LogP contribution in [0.25, 0.3) is 0 Å². The lowest BCUT2D eigenvalue weighted by molar-refractivity contribution is -0.128. The van der Waals surface area contributed by atoms with Gasteiger partial charge in [0.05, 0.1) is 6.04 Å². The average Bonchev–Trinajstić information content (AvgIpc) is 2.19. The molecule has 1 aliphatic heterocycles. The summed E-state index contributed by atoms with van der Waals surface area (Å²) in [6, 6.07) is -0.753. The standard InChI is InChI=1S/C9H17N3O2/c1-6(8(10)13)12-9(14)7-4-2-3-5-11-7/h6-7,11H,2-5H2,1H3,(H2,10,13)(H,12,14)/t6-,7?/m0/s1. The summed E-state index contributed by atoms with van der Waals surface area (Å²) in [5, 5.41) is 5.67. The van der Waals surface area contributed by atoms with Crippen LogP contribution in [-0.4, -0.2) is 30.4 Å². The fourth-order valence-electron chi connectivity index (χ4n) is 1.46. The van der Waals surface area contributed by atoms with Gasteiger partial charge in [0.1, 0.15) is 6.04 Å². The maximum absolute atomic E-state index is 11.5. The fourth-order valence-corrected chi connectivity index (χ4v) is 1.46. The van der Waals surface area contributed by atoms with Crippen LogP contribution >= 0.6 is 0 Å². The Morgan fingerprint density at radius 3 is 2.71 bits per heavy atom. The van der Waals surface area contributed by atoms with E-state index in [1.54, 1.807) is 6.92 Å². The number of hydrogen-bond donors (Lipinski definition) is 3. The van der Waals surface area contributed by atoms with E-state index in [9.17, 15) is 9.59 Å². The highest BCUT2D eigenvalue weighted by Crippen LogP contribution is 2.06. The SMILES string of the molecule is C[C@H](NC(=O)C1CCCCN1)C(N)=O. The summed E-state index contributed by atoms with van der Waals surface area (Å²) in [6.07, 6.45) is 2.99. The van der Waals surface area contributed by atoms with Gasteiger partial charge in [-0.15, -0.1) is 0 Å². The van der Waals surface area contributed by atoms with Crippen LogP contribution in [0.2, 0.25) is 0 Å². The first-order valence-electron chi connectivity index (χ1n) is 4.94. The Hall–Kier alpha value is -1.10. The molecule has 4 N–H and O–H groups in total. The average molecular weight is 199 g/mol. The summed E-state index contributed by atoms with van der Waals surface area (Å²) in [7, 11) is 0. The molecule has 0 spiro atoms. The van der Waals surface area contributed by atoms with Gasteiger partial charge in [-0.2, -0.15) is 0 Å². The van der Waals surface area contributed by atoms with Crippen molar-refractivity contribution in [3.8, 4) is 0 Å². The highest BCUT2D eigenvalue weighted by atomic mass is 16.2. The smallest absolute Gasteiger partial charge is 0.239 e. The molecule has 14 heavy (non-hydrogen) atoms. The Labute approximate surface area is 83.4 Å². The predicted molar refractivity (Wildman–Crippen MR) is 52.4 cm³/mol. The summed E-state index contributed by atoms with van der Waals surface area (Å²) in [5.74, 6) is -0.634. The molecule has 2 amide bonds. The minimum atomic E-state index is -0.591. The van der Waals surface area contributed by atoms with E-state index in [2.05, 4.69) is 10.6 Å². The highest BCUT2D eigenvalue weighted by molar-refractivity contribution is 5.88. The molecule has 1 aliphatic rings. The predicted octanol–water partition coefficient (Wildman–Crippen LogP) is -0.881. The molecule has 5 nitrogen and oxygen atoms in total. The van der Waals surface area contributed by atoms with Crippen LogP contribution in [-0.2, 0) is 9.59 Å². The molecule has 0 saturated carbocycles. The summed E-state index contributed by atoms with van der Waals surface area (Å²) in [6.45, 7) is 2.45. The number of hydrogen-bond acceptors (Lipinski definition) is 3. The van der Waals surface area contributed by atoms with Crippen molar-refractivity contribution in [2.24, 2.45) is 5.73 Å². The number of carbonyl (C=O) groups excluding carboxylic acids is 2. The Balaban J connectivity index is 2.36. The number of nitrogens with one attached hydrogen (secondary N) is 2. The zero-order valence-electron chi connectivity index (χ0n) is 8.38. The number of piperidine rings is 1. The first-order chi connectivity index (χ1) is 6.61. The van der Waals surface area contributed by atoms with Crippen LogP contribution in [0, 0.1) is 0 Å². The number of amides is 2.